The Labute approximate surface area is 172 Å². The lowest BCUT2D eigenvalue weighted by Crippen LogP contribution is -2.32. The summed E-state index contributed by atoms with van der Waals surface area (Å²) < 4.78 is 2.74. The number of benzene rings is 1. The van der Waals surface area contributed by atoms with E-state index in [-0.39, 0.29) is 30.3 Å². The number of hydrogen-bond donors (Lipinski definition) is 3. The maximum Gasteiger partial charge on any atom is 0.277 e. The number of carbonyl (C=O) groups excluding carboxylic acids is 2. The minimum absolute atomic E-state index is 0. The molecule has 28 heavy (non-hydrogen) atoms. The number of amides is 2. The van der Waals surface area contributed by atoms with Crippen LogP contribution in [0.1, 0.15) is 36.3 Å². The van der Waals surface area contributed by atoms with Crippen LogP contribution >= 0.6 is 23.7 Å². The standard InChI is InChI=1S/C18H20N6O2S.ClH/c1-11(25)20-12-4-5-14-16(9-12)27-18(21-14)22-17(26)15-6-8-24(23-15)13-3-2-7-19-10-13;/h4-6,8-9,13,19H,2-3,7,10H2,1H3,(H,20,25)(H,21,22,26);1H. The van der Waals surface area contributed by atoms with Gasteiger partial charge in [-0.25, -0.2) is 4.98 Å². The third-order valence-electron chi connectivity index (χ3n) is 4.42. The lowest BCUT2D eigenvalue weighted by molar-refractivity contribution is -0.114. The van der Waals surface area contributed by atoms with Crippen LogP contribution in [0.3, 0.4) is 0 Å². The second kappa shape index (κ2) is 8.68. The van der Waals surface area contributed by atoms with Gasteiger partial charge in [-0.1, -0.05) is 11.3 Å². The number of aromatic nitrogens is 3. The van der Waals surface area contributed by atoms with Crippen molar-refractivity contribution < 1.29 is 9.59 Å². The van der Waals surface area contributed by atoms with Crippen LogP contribution in [-0.2, 0) is 4.79 Å². The predicted octanol–water partition coefficient (Wildman–Crippen LogP) is 3.05. The Balaban J connectivity index is 0.00000225. The van der Waals surface area contributed by atoms with Crippen LogP contribution in [0.25, 0.3) is 10.2 Å². The van der Waals surface area contributed by atoms with Crippen LogP contribution in [0.5, 0.6) is 0 Å². The summed E-state index contributed by atoms with van der Waals surface area (Å²) in [7, 11) is 0. The number of carbonyl (C=O) groups is 2. The molecule has 1 atom stereocenters. The molecule has 1 fully saturated rings. The first-order valence-corrected chi connectivity index (χ1v) is 9.65. The Hall–Kier alpha value is -2.49. The molecule has 10 heteroatoms. The van der Waals surface area contributed by atoms with Gasteiger partial charge in [-0.3, -0.25) is 19.6 Å². The van der Waals surface area contributed by atoms with Crippen molar-refractivity contribution in [1.82, 2.24) is 20.1 Å². The smallest absolute Gasteiger partial charge is 0.277 e. The number of rotatable bonds is 4. The Morgan fingerprint density at radius 1 is 1.29 bits per heavy atom. The summed E-state index contributed by atoms with van der Waals surface area (Å²) in [6, 6.07) is 7.46. The third kappa shape index (κ3) is 4.49. The Kier molecular flexibility index (Phi) is 6.28. The van der Waals surface area contributed by atoms with E-state index >= 15 is 0 Å². The zero-order valence-corrected chi connectivity index (χ0v) is 16.9. The van der Waals surface area contributed by atoms with Crippen molar-refractivity contribution in [3.8, 4) is 0 Å². The second-order valence-electron chi connectivity index (χ2n) is 6.52. The molecule has 3 aromatic rings. The van der Waals surface area contributed by atoms with Crippen LogP contribution in [0.2, 0.25) is 0 Å². The number of thiazole rings is 1. The topological polar surface area (TPSA) is 101 Å². The average Bonchev–Trinajstić information content (AvgIpc) is 3.28. The molecular formula is C18H21ClN6O2S. The fourth-order valence-electron chi connectivity index (χ4n) is 3.14. The van der Waals surface area contributed by atoms with E-state index in [9.17, 15) is 9.59 Å². The molecule has 0 bridgehead atoms. The molecule has 148 valence electrons. The minimum atomic E-state index is -0.279. The molecule has 2 amide bonds. The van der Waals surface area contributed by atoms with E-state index in [2.05, 4.69) is 26.0 Å². The first kappa shape index (κ1) is 20.2. The van der Waals surface area contributed by atoms with Gasteiger partial charge in [0.2, 0.25) is 5.91 Å². The van der Waals surface area contributed by atoms with Crippen molar-refractivity contribution in [3.63, 3.8) is 0 Å². The molecule has 8 nitrogen and oxygen atoms in total. The van der Waals surface area contributed by atoms with Gasteiger partial charge in [0, 0.05) is 25.4 Å². The van der Waals surface area contributed by atoms with Crippen molar-refractivity contribution in [2.45, 2.75) is 25.8 Å². The summed E-state index contributed by atoms with van der Waals surface area (Å²) in [4.78, 5) is 28.1. The molecule has 1 aromatic carbocycles. The summed E-state index contributed by atoms with van der Waals surface area (Å²) in [5.41, 5.74) is 1.85. The van der Waals surface area contributed by atoms with E-state index in [4.69, 9.17) is 0 Å². The maximum atomic E-state index is 12.5. The minimum Gasteiger partial charge on any atom is -0.326 e. The Morgan fingerprint density at radius 3 is 2.89 bits per heavy atom. The van der Waals surface area contributed by atoms with Crippen LogP contribution in [0.15, 0.2) is 30.5 Å². The summed E-state index contributed by atoms with van der Waals surface area (Å²) in [6.07, 6.45) is 4.02. The van der Waals surface area contributed by atoms with Crippen molar-refractivity contribution >= 4 is 56.6 Å². The quantitative estimate of drug-likeness (QED) is 0.602. The second-order valence-corrected chi connectivity index (χ2v) is 7.55. The highest BCUT2D eigenvalue weighted by Crippen LogP contribution is 2.28. The summed E-state index contributed by atoms with van der Waals surface area (Å²) in [5, 5.41) is 13.8. The molecule has 4 rings (SSSR count). The molecule has 1 aliphatic heterocycles. The van der Waals surface area contributed by atoms with Crippen molar-refractivity contribution in [3.05, 3.63) is 36.2 Å². The van der Waals surface area contributed by atoms with Gasteiger partial charge in [0.25, 0.3) is 5.91 Å². The number of hydrogen-bond acceptors (Lipinski definition) is 6. The van der Waals surface area contributed by atoms with Crippen LogP contribution in [-0.4, -0.2) is 39.7 Å². The number of nitrogens with zero attached hydrogens (tertiary/aromatic N) is 3. The van der Waals surface area contributed by atoms with Crippen LogP contribution < -0.4 is 16.0 Å². The van der Waals surface area contributed by atoms with Gasteiger partial charge in [0.1, 0.15) is 0 Å². The zero-order valence-electron chi connectivity index (χ0n) is 15.3. The first-order chi connectivity index (χ1) is 13.1. The Morgan fingerprint density at radius 2 is 2.14 bits per heavy atom. The number of nitrogens with one attached hydrogen (secondary N) is 3. The largest absolute Gasteiger partial charge is 0.326 e. The van der Waals surface area contributed by atoms with Crippen molar-refractivity contribution in [2.24, 2.45) is 0 Å². The fraction of sp³-hybridized carbons (Fsp3) is 0.333. The van der Waals surface area contributed by atoms with E-state index < -0.39 is 0 Å². The van der Waals surface area contributed by atoms with Gasteiger partial charge in [-0.15, -0.1) is 12.4 Å². The number of fused-ring (bicyclic) bond motifs is 1. The molecule has 0 spiro atoms. The van der Waals surface area contributed by atoms with E-state index in [0.717, 1.165) is 36.1 Å². The van der Waals surface area contributed by atoms with Crippen LogP contribution in [0, 0.1) is 0 Å². The van der Waals surface area contributed by atoms with Crippen molar-refractivity contribution in [1.29, 1.82) is 0 Å². The molecule has 3 N–H and O–H groups in total. The first-order valence-electron chi connectivity index (χ1n) is 8.84. The summed E-state index contributed by atoms with van der Waals surface area (Å²) in [5.74, 6) is -0.408. The monoisotopic (exact) mass is 420 g/mol. The highest BCUT2D eigenvalue weighted by Gasteiger charge is 2.18. The molecule has 3 heterocycles. The average molecular weight is 421 g/mol. The maximum absolute atomic E-state index is 12.5. The molecule has 1 aliphatic rings. The van der Waals surface area contributed by atoms with Gasteiger partial charge < -0.3 is 10.6 Å². The van der Waals surface area contributed by atoms with E-state index in [1.807, 2.05) is 23.0 Å². The highest BCUT2D eigenvalue weighted by molar-refractivity contribution is 7.22. The number of halogens is 1. The third-order valence-corrected chi connectivity index (χ3v) is 5.35. The van der Waals surface area contributed by atoms with Crippen LogP contribution in [0.4, 0.5) is 10.8 Å². The lowest BCUT2D eigenvalue weighted by Gasteiger charge is -2.22. The lowest BCUT2D eigenvalue weighted by atomic mass is 10.1. The van der Waals surface area contributed by atoms with Crippen molar-refractivity contribution in [2.75, 3.05) is 23.7 Å². The van der Waals surface area contributed by atoms with E-state index in [1.165, 1.54) is 18.3 Å². The van der Waals surface area contributed by atoms with Gasteiger partial charge in [-0.2, -0.15) is 5.10 Å². The molecule has 1 saturated heterocycles. The highest BCUT2D eigenvalue weighted by atomic mass is 35.5. The molecule has 0 aliphatic carbocycles. The normalized spacial score (nSPS) is 16.4. The Bertz CT molecular complexity index is 995. The molecule has 1 unspecified atom stereocenters. The van der Waals surface area contributed by atoms with Gasteiger partial charge in [0.15, 0.2) is 10.8 Å². The predicted molar refractivity (Wildman–Crippen MR) is 112 cm³/mol. The van der Waals surface area contributed by atoms with E-state index in [0.29, 0.717) is 16.5 Å². The molecule has 0 radical (unpaired) electrons. The number of anilines is 2. The molecule has 2 aromatic heterocycles. The molecule has 0 saturated carbocycles. The van der Waals surface area contributed by atoms with E-state index in [1.54, 1.807) is 12.1 Å². The number of piperidine rings is 1. The summed E-state index contributed by atoms with van der Waals surface area (Å²) >= 11 is 1.36. The van der Waals surface area contributed by atoms with Gasteiger partial charge in [0.05, 0.1) is 16.3 Å². The molecular weight excluding hydrogens is 400 g/mol. The summed E-state index contributed by atoms with van der Waals surface area (Å²) in [6.45, 7) is 3.37. The zero-order chi connectivity index (χ0) is 18.8. The fourth-order valence-corrected chi connectivity index (χ4v) is 4.04. The SMILES string of the molecule is CC(=O)Nc1ccc2nc(NC(=O)c3ccn(C4CCCNC4)n3)sc2c1.Cl. The van der Waals surface area contributed by atoms with Gasteiger partial charge >= 0.3 is 0 Å². The van der Waals surface area contributed by atoms with Gasteiger partial charge in [-0.05, 0) is 43.7 Å².